The van der Waals surface area contributed by atoms with E-state index < -0.39 is 9.84 Å². The van der Waals surface area contributed by atoms with Gasteiger partial charge >= 0.3 is 0 Å². The molecule has 0 unspecified atom stereocenters. The maximum Gasteiger partial charge on any atom is 0.153 e. The second-order valence-electron chi connectivity index (χ2n) is 6.49. The Morgan fingerprint density at radius 2 is 2.00 bits per heavy atom. The molecule has 1 aromatic heterocycles. The van der Waals surface area contributed by atoms with E-state index in [2.05, 4.69) is 39.7 Å². The second-order valence-corrected chi connectivity index (χ2v) is 8.65. The molecule has 0 bridgehead atoms. The van der Waals surface area contributed by atoms with E-state index in [9.17, 15) is 8.42 Å². The number of aromatic nitrogens is 2. The molecule has 0 aromatic carbocycles. The summed E-state index contributed by atoms with van der Waals surface area (Å²) in [6, 6.07) is 0.179. The van der Waals surface area contributed by atoms with Gasteiger partial charge in [-0.1, -0.05) is 11.6 Å². The summed E-state index contributed by atoms with van der Waals surface area (Å²) in [6.07, 6.45) is 5.73. The number of sulfone groups is 1. The molecule has 0 radical (unpaired) electrons. The molecule has 2 saturated heterocycles. The SMILES string of the molecule is CC(C)=CCN1CCN(Cc2ncc[nH]2)[C@H]2CS(=O)(=O)C[C@H]21. The van der Waals surface area contributed by atoms with E-state index >= 15 is 0 Å². The molecule has 1 aromatic rings. The summed E-state index contributed by atoms with van der Waals surface area (Å²) in [5, 5.41) is 0. The minimum absolute atomic E-state index is 0.0782. The van der Waals surface area contributed by atoms with Crippen LogP contribution >= 0.6 is 0 Å². The van der Waals surface area contributed by atoms with E-state index in [1.165, 1.54) is 5.57 Å². The van der Waals surface area contributed by atoms with Crippen LogP contribution in [-0.2, 0) is 16.4 Å². The fourth-order valence-corrected chi connectivity index (χ4v) is 5.44. The molecule has 2 aliphatic heterocycles. The van der Waals surface area contributed by atoms with E-state index in [0.29, 0.717) is 6.54 Å². The molecule has 22 heavy (non-hydrogen) atoms. The molecular formula is C15H24N4O2S. The van der Waals surface area contributed by atoms with Crippen molar-refractivity contribution in [1.29, 1.82) is 0 Å². The van der Waals surface area contributed by atoms with E-state index in [1.54, 1.807) is 6.20 Å². The van der Waals surface area contributed by atoms with Crippen molar-refractivity contribution < 1.29 is 8.42 Å². The molecule has 122 valence electrons. The van der Waals surface area contributed by atoms with Gasteiger partial charge in [0.05, 0.1) is 18.1 Å². The van der Waals surface area contributed by atoms with E-state index in [1.807, 2.05) is 6.20 Å². The zero-order chi connectivity index (χ0) is 15.7. The monoisotopic (exact) mass is 324 g/mol. The topological polar surface area (TPSA) is 69.3 Å². The van der Waals surface area contributed by atoms with Crippen molar-refractivity contribution in [2.75, 3.05) is 31.1 Å². The van der Waals surface area contributed by atoms with Gasteiger partial charge in [-0.25, -0.2) is 13.4 Å². The van der Waals surface area contributed by atoms with Crippen LogP contribution in [0.1, 0.15) is 19.7 Å². The maximum atomic E-state index is 12.1. The number of fused-ring (bicyclic) bond motifs is 1. The molecule has 0 spiro atoms. The van der Waals surface area contributed by atoms with Crippen molar-refractivity contribution in [3.63, 3.8) is 0 Å². The van der Waals surface area contributed by atoms with Gasteiger partial charge in [-0.15, -0.1) is 0 Å². The Kier molecular flexibility index (Phi) is 4.38. The lowest BCUT2D eigenvalue weighted by Gasteiger charge is -2.43. The van der Waals surface area contributed by atoms with Crippen LogP contribution in [0.5, 0.6) is 0 Å². The molecule has 2 atom stereocenters. The standard InChI is InChI=1S/C15H24N4O2S/c1-12(2)3-6-18-7-8-19(9-15-16-4-5-17-15)14-11-22(20,21)10-13(14)18/h3-5,13-14H,6-11H2,1-2H3,(H,16,17)/t13-,14+/m1/s1. The number of rotatable bonds is 4. The highest BCUT2D eigenvalue weighted by molar-refractivity contribution is 7.91. The number of allylic oxidation sites excluding steroid dienone is 1. The summed E-state index contributed by atoms with van der Waals surface area (Å²) in [4.78, 5) is 12.0. The van der Waals surface area contributed by atoms with Crippen molar-refractivity contribution in [3.05, 3.63) is 29.9 Å². The lowest BCUT2D eigenvalue weighted by molar-refractivity contribution is 0.0463. The average molecular weight is 324 g/mol. The Bertz CT molecular complexity index is 635. The number of H-pyrrole nitrogens is 1. The normalized spacial score (nSPS) is 28.5. The Labute approximate surface area is 132 Å². The van der Waals surface area contributed by atoms with Crippen molar-refractivity contribution in [3.8, 4) is 0 Å². The summed E-state index contributed by atoms with van der Waals surface area (Å²) in [6.45, 7) is 7.48. The predicted octanol–water partition coefficient (Wildman–Crippen LogP) is 0.659. The second kappa shape index (κ2) is 6.14. The smallest absolute Gasteiger partial charge is 0.153 e. The quantitative estimate of drug-likeness (QED) is 0.824. The number of imidazole rings is 1. The number of aromatic amines is 1. The Hall–Kier alpha value is -1.18. The van der Waals surface area contributed by atoms with Crippen LogP contribution in [0.25, 0.3) is 0 Å². The number of piperazine rings is 1. The van der Waals surface area contributed by atoms with Gasteiger partial charge in [0.25, 0.3) is 0 Å². The third-order valence-corrected chi connectivity index (χ3v) is 6.25. The van der Waals surface area contributed by atoms with Crippen LogP contribution in [0.3, 0.4) is 0 Å². The number of hydrogen-bond donors (Lipinski definition) is 1. The Morgan fingerprint density at radius 3 is 2.64 bits per heavy atom. The molecule has 0 amide bonds. The van der Waals surface area contributed by atoms with E-state index in [4.69, 9.17) is 0 Å². The summed E-state index contributed by atoms with van der Waals surface area (Å²) in [7, 11) is -2.95. The predicted molar refractivity (Wildman–Crippen MR) is 86.2 cm³/mol. The number of nitrogens with zero attached hydrogens (tertiary/aromatic N) is 3. The minimum atomic E-state index is -2.95. The zero-order valence-electron chi connectivity index (χ0n) is 13.2. The third kappa shape index (κ3) is 3.42. The summed E-state index contributed by atoms with van der Waals surface area (Å²) < 4.78 is 24.3. The van der Waals surface area contributed by atoms with Gasteiger partial charge in [-0.05, 0) is 13.8 Å². The first-order valence-electron chi connectivity index (χ1n) is 7.75. The van der Waals surface area contributed by atoms with Gasteiger partial charge in [-0.2, -0.15) is 0 Å². The first-order chi connectivity index (χ1) is 10.4. The van der Waals surface area contributed by atoms with E-state index in [-0.39, 0.29) is 23.6 Å². The van der Waals surface area contributed by atoms with Gasteiger partial charge in [0, 0.05) is 44.1 Å². The molecular weight excluding hydrogens is 300 g/mol. The molecule has 3 heterocycles. The van der Waals surface area contributed by atoms with Crippen LogP contribution < -0.4 is 0 Å². The highest BCUT2D eigenvalue weighted by Gasteiger charge is 2.46. The van der Waals surface area contributed by atoms with Crippen LogP contribution in [0.4, 0.5) is 0 Å². The molecule has 0 aliphatic carbocycles. The average Bonchev–Trinajstić information content (AvgIpc) is 3.04. The summed E-state index contributed by atoms with van der Waals surface area (Å²) >= 11 is 0. The van der Waals surface area contributed by atoms with E-state index in [0.717, 1.165) is 25.5 Å². The molecule has 3 rings (SSSR count). The molecule has 7 heteroatoms. The summed E-state index contributed by atoms with van der Waals surface area (Å²) in [5.74, 6) is 1.45. The van der Waals surface area contributed by atoms with Gasteiger partial charge in [0.2, 0.25) is 0 Å². The van der Waals surface area contributed by atoms with Crippen molar-refractivity contribution in [1.82, 2.24) is 19.8 Å². The van der Waals surface area contributed by atoms with Gasteiger partial charge in [-0.3, -0.25) is 9.80 Å². The molecule has 2 fully saturated rings. The number of hydrogen-bond acceptors (Lipinski definition) is 5. The lowest BCUT2D eigenvalue weighted by Crippen LogP contribution is -2.58. The molecule has 2 aliphatic rings. The third-order valence-electron chi connectivity index (χ3n) is 4.55. The number of nitrogens with one attached hydrogen (secondary N) is 1. The highest BCUT2D eigenvalue weighted by atomic mass is 32.2. The largest absolute Gasteiger partial charge is 0.348 e. The summed E-state index contributed by atoms with van der Waals surface area (Å²) in [5.41, 5.74) is 1.27. The zero-order valence-corrected chi connectivity index (χ0v) is 14.0. The molecule has 0 saturated carbocycles. The van der Waals surface area contributed by atoms with Crippen molar-refractivity contribution in [2.45, 2.75) is 32.5 Å². The lowest BCUT2D eigenvalue weighted by atomic mass is 10.0. The molecule has 6 nitrogen and oxygen atoms in total. The van der Waals surface area contributed by atoms with Gasteiger partial charge < -0.3 is 4.98 Å². The first kappa shape index (κ1) is 15.7. The van der Waals surface area contributed by atoms with Crippen LogP contribution in [0.15, 0.2) is 24.0 Å². The van der Waals surface area contributed by atoms with Gasteiger partial charge in [0.15, 0.2) is 9.84 Å². The molecule has 1 N–H and O–H groups in total. The van der Waals surface area contributed by atoms with Crippen molar-refractivity contribution in [2.24, 2.45) is 0 Å². The Balaban J connectivity index is 1.76. The van der Waals surface area contributed by atoms with Crippen LogP contribution in [-0.4, -0.2) is 71.4 Å². The van der Waals surface area contributed by atoms with Crippen LogP contribution in [0.2, 0.25) is 0 Å². The van der Waals surface area contributed by atoms with Crippen molar-refractivity contribution >= 4 is 9.84 Å². The Morgan fingerprint density at radius 1 is 1.32 bits per heavy atom. The fraction of sp³-hybridized carbons (Fsp3) is 0.667. The van der Waals surface area contributed by atoms with Crippen LogP contribution in [0, 0.1) is 0 Å². The maximum absolute atomic E-state index is 12.1. The minimum Gasteiger partial charge on any atom is -0.348 e. The first-order valence-corrected chi connectivity index (χ1v) is 9.57. The fourth-order valence-electron chi connectivity index (χ4n) is 3.40. The van der Waals surface area contributed by atoms with Gasteiger partial charge in [0.1, 0.15) is 5.82 Å². The highest BCUT2D eigenvalue weighted by Crippen LogP contribution is 2.27.